The van der Waals surface area contributed by atoms with Gasteiger partial charge in [0.1, 0.15) is 10.0 Å². The molecule has 4 rings (SSSR count). The molecule has 6 nitrogen and oxygen atoms in total. The second kappa shape index (κ2) is 9.36. The minimum Gasteiger partial charge on any atom is -0.481 e. The van der Waals surface area contributed by atoms with Gasteiger partial charge in [-0.05, 0) is 43.6 Å². The third-order valence-corrected chi connectivity index (χ3v) is 8.16. The molecular weight excluding hydrogens is 459 g/mol. The zero-order chi connectivity index (χ0) is 22.1. The van der Waals surface area contributed by atoms with Gasteiger partial charge in [0.25, 0.3) is 5.91 Å². The van der Waals surface area contributed by atoms with E-state index in [0.717, 1.165) is 4.70 Å². The first-order valence-corrected chi connectivity index (χ1v) is 11.9. The van der Waals surface area contributed by atoms with E-state index >= 15 is 0 Å². The highest BCUT2D eigenvalue weighted by Gasteiger charge is 2.48. The number of fused-ring (bicyclic) bond motifs is 2. The van der Waals surface area contributed by atoms with Crippen LogP contribution in [0.4, 0.5) is 0 Å². The largest absolute Gasteiger partial charge is 0.481 e. The molecule has 0 bridgehead atoms. The molecule has 3 N–H and O–H groups in total. The molecule has 0 aromatic carbocycles. The molecule has 2 aromatic heterocycles. The maximum atomic E-state index is 13.0. The summed E-state index contributed by atoms with van der Waals surface area (Å²) >= 11 is 13.6. The molecule has 5 atom stereocenters. The minimum absolute atomic E-state index is 0.0680. The molecule has 2 aliphatic carbocycles. The van der Waals surface area contributed by atoms with Crippen LogP contribution in [-0.2, 0) is 9.53 Å². The van der Waals surface area contributed by atoms with E-state index in [1.807, 2.05) is 19.1 Å². The molecule has 166 valence electrons. The van der Waals surface area contributed by atoms with E-state index in [0.29, 0.717) is 46.6 Å². The number of carbonyl (C=O) groups excluding carboxylic acids is 1. The van der Waals surface area contributed by atoms with Crippen molar-refractivity contribution in [2.45, 2.75) is 25.8 Å². The lowest BCUT2D eigenvalue weighted by Crippen LogP contribution is -2.44. The third kappa shape index (κ3) is 4.42. The van der Waals surface area contributed by atoms with E-state index in [-0.39, 0.29) is 29.7 Å². The summed E-state index contributed by atoms with van der Waals surface area (Å²) in [4.78, 5) is 28.3. The van der Waals surface area contributed by atoms with Crippen LogP contribution in [-0.4, -0.2) is 41.2 Å². The highest BCUT2D eigenvalue weighted by Crippen LogP contribution is 2.46. The summed E-state index contributed by atoms with van der Waals surface area (Å²) in [6.07, 6.45) is 9.24. The van der Waals surface area contributed by atoms with Crippen LogP contribution in [0, 0.1) is 23.7 Å². The maximum Gasteiger partial charge on any atom is 0.306 e. The second-order valence-corrected chi connectivity index (χ2v) is 9.98. The number of H-pyrrole nitrogens is 1. The smallest absolute Gasteiger partial charge is 0.306 e. The molecule has 0 aliphatic heterocycles. The van der Waals surface area contributed by atoms with E-state index in [2.05, 4.69) is 22.5 Å². The van der Waals surface area contributed by atoms with Gasteiger partial charge in [-0.15, -0.1) is 11.3 Å². The molecule has 2 aromatic rings. The molecule has 1 amide bonds. The number of nitrogens with one attached hydrogen (secondary N) is 2. The Labute approximate surface area is 194 Å². The number of thiophene rings is 1. The van der Waals surface area contributed by atoms with Gasteiger partial charge in [-0.1, -0.05) is 47.5 Å². The molecule has 9 heteroatoms. The molecule has 0 saturated heterocycles. The van der Waals surface area contributed by atoms with Crippen molar-refractivity contribution in [2.75, 3.05) is 13.2 Å². The third-order valence-electron chi connectivity index (χ3n) is 6.23. The Bertz CT molecular complexity index is 1040. The summed E-state index contributed by atoms with van der Waals surface area (Å²) in [6.45, 7) is 2.82. The standard InChI is InChI=1S/C22H24Cl2N2O4S/c1-2-30-8-7-13(22(28)29)17-12-6-4-3-5-11(12)9-14(17)26-21(27)15-10-16-19(25-15)18(23)20(24)31-16/h3-6,10-14,17,25H,2,7-9H2,1H3,(H,26,27)(H,28,29)/t11?,12?,13?,14-,17+/m1/s1. The molecule has 0 spiro atoms. The van der Waals surface area contributed by atoms with Crippen molar-refractivity contribution in [3.8, 4) is 0 Å². The van der Waals surface area contributed by atoms with Gasteiger partial charge in [-0.25, -0.2) is 0 Å². The van der Waals surface area contributed by atoms with Crippen LogP contribution in [0.5, 0.6) is 0 Å². The predicted molar refractivity (Wildman–Crippen MR) is 123 cm³/mol. The molecule has 31 heavy (non-hydrogen) atoms. The average molecular weight is 483 g/mol. The van der Waals surface area contributed by atoms with Gasteiger partial charge in [0.15, 0.2) is 0 Å². The first-order valence-electron chi connectivity index (χ1n) is 10.3. The lowest BCUT2D eigenvalue weighted by atomic mass is 9.77. The van der Waals surface area contributed by atoms with Crippen LogP contribution in [0.15, 0.2) is 30.4 Å². The first-order chi connectivity index (χ1) is 14.9. The van der Waals surface area contributed by atoms with E-state index in [1.54, 1.807) is 6.07 Å². The lowest BCUT2D eigenvalue weighted by Gasteiger charge is -2.30. The number of rotatable bonds is 8. The van der Waals surface area contributed by atoms with E-state index in [1.165, 1.54) is 11.3 Å². The molecule has 0 radical (unpaired) electrons. The fraction of sp³-hybridized carbons (Fsp3) is 0.455. The van der Waals surface area contributed by atoms with Gasteiger partial charge in [-0.3, -0.25) is 9.59 Å². The van der Waals surface area contributed by atoms with Gasteiger partial charge in [0, 0.05) is 19.3 Å². The van der Waals surface area contributed by atoms with Crippen LogP contribution < -0.4 is 5.32 Å². The number of carboxylic acids is 1. The molecular formula is C22H24Cl2N2O4S. The number of carboxylic acid groups (broad SMARTS) is 1. The van der Waals surface area contributed by atoms with Gasteiger partial charge >= 0.3 is 5.97 Å². The number of aromatic nitrogens is 1. The van der Waals surface area contributed by atoms with Crippen molar-refractivity contribution < 1.29 is 19.4 Å². The van der Waals surface area contributed by atoms with Crippen molar-refractivity contribution in [2.24, 2.45) is 23.7 Å². The van der Waals surface area contributed by atoms with Crippen molar-refractivity contribution in [3.05, 3.63) is 45.4 Å². The number of ether oxygens (including phenoxy) is 1. The van der Waals surface area contributed by atoms with Crippen molar-refractivity contribution in [1.29, 1.82) is 0 Å². The number of hydrogen-bond acceptors (Lipinski definition) is 4. The maximum absolute atomic E-state index is 13.0. The number of allylic oxidation sites excluding steroid dienone is 4. The number of hydrogen-bond donors (Lipinski definition) is 3. The molecule has 1 fully saturated rings. The van der Waals surface area contributed by atoms with Crippen molar-refractivity contribution >= 4 is 56.6 Å². The lowest BCUT2D eigenvalue weighted by molar-refractivity contribution is -0.145. The van der Waals surface area contributed by atoms with Crippen LogP contribution in [0.3, 0.4) is 0 Å². The van der Waals surface area contributed by atoms with E-state index in [9.17, 15) is 14.7 Å². The Morgan fingerprint density at radius 1 is 1.35 bits per heavy atom. The minimum atomic E-state index is -0.852. The van der Waals surface area contributed by atoms with Crippen LogP contribution >= 0.6 is 34.5 Å². The second-order valence-electron chi connectivity index (χ2n) is 7.95. The summed E-state index contributed by atoms with van der Waals surface area (Å²) < 4.78 is 6.72. The Balaban J connectivity index is 1.57. The van der Waals surface area contributed by atoms with E-state index < -0.39 is 11.9 Å². The van der Waals surface area contributed by atoms with E-state index in [4.69, 9.17) is 27.9 Å². The van der Waals surface area contributed by atoms with Gasteiger partial charge in [-0.2, -0.15) is 0 Å². The number of aliphatic carboxylic acids is 1. The van der Waals surface area contributed by atoms with Crippen LogP contribution in [0.25, 0.3) is 10.2 Å². The fourth-order valence-electron chi connectivity index (χ4n) is 4.86. The van der Waals surface area contributed by atoms with Gasteiger partial charge in [0.05, 0.1) is 21.2 Å². The summed E-state index contributed by atoms with van der Waals surface area (Å²) in [5.74, 6) is -1.68. The monoisotopic (exact) mass is 482 g/mol. The summed E-state index contributed by atoms with van der Waals surface area (Å²) in [5.41, 5.74) is 1.03. The summed E-state index contributed by atoms with van der Waals surface area (Å²) in [7, 11) is 0. The zero-order valence-electron chi connectivity index (χ0n) is 16.9. The highest BCUT2D eigenvalue weighted by molar-refractivity contribution is 7.23. The Kier molecular flexibility index (Phi) is 6.77. The average Bonchev–Trinajstić information content (AvgIpc) is 3.38. The predicted octanol–water partition coefficient (Wildman–Crippen LogP) is 5.14. The summed E-state index contributed by atoms with van der Waals surface area (Å²) in [6, 6.07) is 1.46. The Morgan fingerprint density at radius 3 is 2.84 bits per heavy atom. The molecule has 1 saturated carbocycles. The highest BCUT2D eigenvalue weighted by atomic mass is 35.5. The van der Waals surface area contributed by atoms with Gasteiger partial charge < -0.3 is 20.1 Å². The molecule has 2 heterocycles. The molecule has 3 unspecified atom stereocenters. The van der Waals surface area contributed by atoms with Gasteiger partial charge in [0.2, 0.25) is 0 Å². The van der Waals surface area contributed by atoms with Crippen molar-refractivity contribution in [1.82, 2.24) is 10.3 Å². The quantitative estimate of drug-likeness (QED) is 0.454. The van der Waals surface area contributed by atoms with Crippen LogP contribution in [0.2, 0.25) is 9.36 Å². The van der Waals surface area contributed by atoms with Crippen molar-refractivity contribution in [3.63, 3.8) is 0 Å². The topological polar surface area (TPSA) is 91.4 Å². The zero-order valence-corrected chi connectivity index (χ0v) is 19.3. The van der Waals surface area contributed by atoms with Crippen LogP contribution in [0.1, 0.15) is 30.3 Å². The fourth-order valence-corrected chi connectivity index (χ4v) is 6.35. The summed E-state index contributed by atoms with van der Waals surface area (Å²) in [5, 5.41) is 13.5. The first kappa shape index (κ1) is 22.4. The Hall–Kier alpha value is -1.80. The number of carbonyl (C=O) groups is 2. The SMILES string of the molecule is CCOCCC(C(=O)O)[C@@H]1C2C=CC=CC2C[C@H]1NC(=O)c1cc2sc(Cl)c(Cl)c2[nH]1. The Morgan fingerprint density at radius 2 is 2.13 bits per heavy atom. The number of aromatic amines is 1. The molecule has 2 aliphatic rings. The normalized spacial score (nSPS) is 25.6. The number of amides is 1. The number of halogens is 2.